The second kappa shape index (κ2) is 6.27. The summed E-state index contributed by atoms with van der Waals surface area (Å²) in [7, 11) is -3.92. The number of rotatable bonds is 5. The van der Waals surface area contributed by atoms with Gasteiger partial charge in [-0.05, 0) is 24.3 Å². The number of halogens is 1. The van der Waals surface area contributed by atoms with Gasteiger partial charge in [-0.1, -0.05) is 11.6 Å². The van der Waals surface area contributed by atoms with E-state index in [9.17, 15) is 18.0 Å². The number of sulfone groups is 1. The van der Waals surface area contributed by atoms with Gasteiger partial charge in [-0.2, -0.15) is 0 Å². The lowest BCUT2D eigenvalue weighted by molar-refractivity contribution is -0.135. The standard InChI is InChI=1S/C14H9ClO7S/c15-8-1-3-9(4-2-8)23(20,21)10-5-13(22-7-10)11(16)6-12(17)14(18)19/h1-7,17H,(H,18,19). The lowest BCUT2D eigenvalue weighted by Crippen LogP contribution is -2.03. The average Bonchev–Trinajstić information content (AvgIpc) is 2.98. The Morgan fingerprint density at radius 2 is 1.70 bits per heavy atom. The van der Waals surface area contributed by atoms with E-state index < -0.39 is 33.1 Å². The van der Waals surface area contributed by atoms with E-state index in [1.165, 1.54) is 24.3 Å². The van der Waals surface area contributed by atoms with Crippen molar-refractivity contribution in [3.05, 3.63) is 59.2 Å². The Morgan fingerprint density at radius 3 is 2.26 bits per heavy atom. The molecule has 2 rings (SSSR count). The van der Waals surface area contributed by atoms with Crippen LogP contribution in [0.3, 0.4) is 0 Å². The summed E-state index contributed by atoms with van der Waals surface area (Å²) in [5.41, 5.74) is 0. The number of aliphatic hydroxyl groups is 1. The number of benzene rings is 1. The van der Waals surface area contributed by atoms with Crippen molar-refractivity contribution in [2.45, 2.75) is 9.79 Å². The van der Waals surface area contributed by atoms with Gasteiger partial charge in [0.05, 0.1) is 4.90 Å². The highest BCUT2D eigenvalue weighted by atomic mass is 35.5. The zero-order valence-electron chi connectivity index (χ0n) is 11.3. The highest BCUT2D eigenvalue weighted by Gasteiger charge is 2.22. The molecule has 23 heavy (non-hydrogen) atoms. The van der Waals surface area contributed by atoms with Crippen LogP contribution in [-0.2, 0) is 14.6 Å². The Balaban J connectivity index is 2.35. The number of carbonyl (C=O) groups excluding carboxylic acids is 1. The Labute approximate surface area is 135 Å². The number of carbonyl (C=O) groups is 2. The molecule has 0 bridgehead atoms. The van der Waals surface area contributed by atoms with E-state index in [0.29, 0.717) is 11.1 Å². The van der Waals surface area contributed by atoms with Gasteiger partial charge in [0.15, 0.2) is 5.76 Å². The Kier molecular flexibility index (Phi) is 4.57. The third-order valence-corrected chi connectivity index (χ3v) is 4.72. The molecule has 0 atom stereocenters. The van der Waals surface area contributed by atoms with Gasteiger partial charge in [0, 0.05) is 17.2 Å². The third-order valence-electron chi connectivity index (χ3n) is 2.74. The summed E-state index contributed by atoms with van der Waals surface area (Å²) in [6.45, 7) is 0. The van der Waals surface area contributed by atoms with E-state index in [1.54, 1.807) is 0 Å². The second-order valence-electron chi connectivity index (χ2n) is 4.30. The number of aliphatic carboxylic acids is 1. The van der Waals surface area contributed by atoms with Crippen LogP contribution in [0.15, 0.2) is 62.6 Å². The SMILES string of the molecule is O=C(O)C(O)=CC(=O)c1cc(S(=O)(=O)c2ccc(Cl)cc2)co1. The molecule has 1 aromatic heterocycles. The van der Waals surface area contributed by atoms with E-state index in [4.69, 9.17) is 26.2 Å². The predicted octanol–water partition coefficient (Wildman–Crippen LogP) is 2.48. The maximum Gasteiger partial charge on any atom is 0.371 e. The first-order chi connectivity index (χ1) is 10.7. The topological polar surface area (TPSA) is 122 Å². The number of hydrogen-bond donors (Lipinski definition) is 2. The molecule has 0 fully saturated rings. The summed E-state index contributed by atoms with van der Waals surface area (Å²) in [6, 6.07) is 6.32. The van der Waals surface area contributed by atoms with Gasteiger partial charge in [-0.15, -0.1) is 0 Å². The number of furan rings is 1. The van der Waals surface area contributed by atoms with Gasteiger partial charge in [0.25, 0.3) is 0 Å². The van der Waals surface area contributed by atoms with Crippen LogP contribution in [0.1, 0.15) is 10.6 Å². The number of aliphatic hydroxyl groups excluding tert-OH is 1. The van der Waals surface area contributed by atoms with Crippen molar-refractivity contribution in [3.63, 3.8) is 0 Å². The number of hydrogen-bond acceptors (Lipinski definition) is 6. The van der Waals surface area contributed by atoms with Crippen molar-refractivity contribution in [2.24, 2.45) is 0 Å². The maximum absolute atomic E-state index is 12.3. The second-order valence-corrected chi connectivity index (χ2v) is 6.69. The number of carboxylic acid groups (broad SMARTS) is 1. The quantitative estimate of drug-likeness (QED) is 0.479. The van der Waals surface area contributed by atoms with E-state index in [1.807, 2.05) is 0 Å². The van der Waals surface area contributed by atoms with Gasteiger partial charge < -0.3 is 14.6 Å². The number of carboxylic acids is 1. The zero-order valence-corrected chi connectivity index (χ0v) is 12.8. The predicted molar refractivity (Wildman–Crippen MR) is 78.3 cm³/mol. The van der Waals surface area contributed by atoms with Crippen LogP contribution in [0.25, 0.3) is 0 Å². The molecule has 1 aromatic carbocycles. The van der Waals surface area contributed by atoms with Gasteiger partial charge >= 0.3 is 5.97 Å². The normalized spacial score (nSPS) is 12.1. The minimum atomic E-state index is -3.92. The van der Waals surface area contributed by atoms with Crippen LogP contribution in [-0.4, -0.2) is 30.4 Å². The highest BCUT2D eigenvalue weighted by molar-refractivity contribution is 7.91. The fraction of sp³-hybridized carbons (Fsp3) is 0. The summed E-state index contributed by atoms with van der Waals surface area (Å²) < 4.78 is 29.5. The third kappa shape index (κ3) is 3.61. The molecular formula is C14H9ClO7S. The monoisotopic (exact) mass is 356 g/mol. The van der Waals surface area contributed by atoms with Crippen molar-refractivity contribution in [1.29, 1.82) is 0 Å². The summed E-state index contributed by atoms with van der Waals surface area (Å²) in [4.78, 5) is 21.8. The largest absolute Gasteiger partial charge is 0.502 e. The molecule has 2 aromatic rings. The lowest BCUT2D eigenvalue weighted by atomic mass is 10.2. The average molecular weight is 357 g/mol. The molecule has 1 heterocycles. The van der Waals surface area contributed by atoms with Gasteiger partial charge in [0.2, 0.25) is 21.4 Å². The highest BCUT2D eigenvalue weighted by Crippen LogP contribution is 2.24. The smallest absolute Gasteiger partial charge is 0.371 e. The van der Waals surface area contributed by atoms with Crippen LogP contribution in [0.2, 0.25) is 5.02 Å². The van der Waals surface area contributed by atoms with Crippen LogP contribution in [0.4, 0.5) is 0 Å². The molecule has 0 amide bonds. The van der Waals surface area contributed by atoms with Crippen LogP contribution >= 0.6 is 11.6 Å². The first-order valence-electron chi connectivity index (χ1n) is 5.99. The first-order valence-corrected chi connectivity index (χ1v) is 7.85. The molecule has 0 radical (unpaired) electrons. The minimum Gasteiger partial charge on any atom is -0.502 e. The summed E-state index contributed by atoms with van der Waals surface area (Å²) in [6.07, 6.45) is 1.27. The van der Waals surface area contributed by atoms with Crippen LogP contribution < -0.4 is 0 Å². The molecule has 0 unspecified atom stereocenters. The van der Waals surface area contributed by atoms with Gasteiger partial charge in [-0.25, -0.2) is 13.2 Å². The molecule has 0 aliphatic carbocycles. The Hall–Kier alpha value is -2.58. The van der Waals surface area contributed by atoms with Crippen LogP contribution in [0.5, 0.6) is 0 Å². The molecule has 2 N–H and O–H groups in total. The summed E-state index contributed by atoms with van der Waals surface area (Å²) in [5.74, 6) is -4.29. The van der Waals surface area contributed by atoms with Gasteiger partial charge in [0.1, 0.15) is 11.2 Å². The zero-order chi connectivity index (χ0) is 17.2. The Bertz CT molecular complexity index is 891. The molecule has 0 saturated carbocycles. The number of ketones is 1. The maximum atomic E-state index is 12.3. The van der Waals surface area contributed by atoms with Crippen molar-refractivity contribution in [2.75, 3.05) is 0 Å². The first kappa shape index (κ1) is 16.8. The molecule has 120 valence electrons. The van der Waals surface area contributed by atoms with Crippen molar-refractivity contribution >= 4 is 33.2 Å². The fourth-order valence-corrected chi connectivity index (χ4v) is 2.93. The van der Waals surface area contributed by atoms with Crippen LogP contribution in [0, 0.1) is 0 Å². The lowest BCUT2D eigenvalue weighted by Gasteiger charge is -2.00. The Morgan fingerprint density at radius 1 is 1.09 bits per heavy atom. The van der Waals surface area contributed by atoms with E-state index in [0.717, 1.165) is 12.3 Å². The van der Waals surface area contributed by atoms with Crippen molar-refractivity contribution < 1.29 is 32.6 Å². The molecular weight excluding hydrogens is 348 g/mol. The molecule has 0 spiro atoms. The van der Waals surface area contributed by atoms with E-state index >= 15 is 0 Å². The van der Waals surface area contributed by atoms with Crippen molar-refractivity contribution in [3.8, 4) is 0 Å². The molecule has 0 aliphatic rings. The van der Waals surface area contributed by atoms with Gasteiger partial charge in [-0.3, -0.25) is 4.79 Å². The van der Waals surface area contributed by atoms with E-state index in [-0.39, 0.29) is 9.79 Å². The molecule has 7 nitrogen and oxygen atoms in total. The summed E-state index contributed by atoms with van der Waals surface area (Å²) in [5, 5.41) is 17.8. The minimum absolute atomic E-state index is 0.0503. The molecule has 0 saturated heterocycles. The van der Waals surface area contributed by atoms with E-state index in [2.05, 4.69) is 0 Å². The molecule has 9 heteroatoms. The fourth-order valence-electron chi connectivity index (χ4n) is 1.60. The number of allylic oxidation sites excluding steroid dienone is 1. The summed E-state index contributed by atoms with van der Waals surface area (Å²) >= 11 is 5.69. The molecule has 0 aliphatic heterocycles. The van der Waals surface area contributed by atoms with Crippen molar-refractivity contribution in [1.82, 2.24) is 0 Å².